The van der Waals surface area contributed by atoms with Gasteiger partial charge < -0.3 is 34.5 Å². The van der Waals surface area contributed by atoms with E-state index in [9.17, 15) is 19.8 Å². The Morgan fingerprint density at radius 3 is 2.82 bits per heavy atom. The molecule has 16 heteroatoms. The van der Waals surface area contributed by atoms with Crippen LogP contribution >= 0.6 is 0 Å². The number of guanidine groups is 1. The van der Waals surface area contributed by atoms with E-state index in [-0.39, 0.29) is 48.7 Å². The third kappa shape index (κ3) is 5.68. The van der Waals surface area contributed by atoms with Gasteiger partial charge in [0.05, 0.1) is 37.7 Å². The lowest BCUT2D eigenvalue weighted by molar-refractivity contribution is -1.05. The van der Waals surface area contributed by atoms with Crippen molar-refractivity contribution in [2.75, 3.05) is 40.0 Å². The maximum Gasteiger partial charge on any atom is 0.374 e. The van der Waals surface area contributed by atoms with Crippen molar-refractivity contribution in [1.82, 2.24) is 16.0 Å². The molecule has 7 rings (SSSR count). The fourth-order valence-corrected chi connectivity index (χ4v) is 7.54. The lowest BCUT2D eigenvalue weighted by Gasteiger charge is -2.39. The van der Waals surface area contributed by atoms with E-state index in [2.05, 4.69) is 25.9 Å². The summed E-state index contributed by atoms with van der Waals surface area (Å²) in [5.41, 5.74) is 1.30. The van der Waals surface area contributed by atoms with Gasteiger partial charge in [-0.25, -0.2) is 14.7 Å². The quantitative estimate of drug-likeness (QED) is 0.129. The van der Waals surface area contributed by atoms with E-state index < -0.39 is 30.2 Å². The maximum absolute atomic E-state index is 13.1. The van der Waals surface area contributed by atoms with E-state index in [1.54, 1.807) is 20.1 Å². The van der Waals surface area contributed by atoms with Gasteiger partial charge in [-0.2, -0.15) is 9.89 Å². The lowest BCUT2D eigenvalue weighted by Crippen LogP contribution is -3.36. The Hall–Kier alpha value is -4.61. The zero-order valence-electron chi connectivity index (χ0n) is 27.6. The first kappa shape index (κ1) is 32.9. The summed E-state index contributed by atoms with van der Waals surface area (Å²) >= 11 is 0. The molecule has 0 radical (unpaired) electrons. The smallest absolute Gasteiger partial charge is 0.374 e. The summed E-state index contributed by atoms with van der Waals surface area (Å²) in [6.07, 6.45) is 8.39. The number of hydrogen-bond acceptors (Lipinski definition) is 12. The number of methoxy groups -OCH3 is 1. The molecule has 1 amide bonds. The lowest BCUT2D eigenvalue weighted by atomic mass is 9.77. The van der Waals surface area contributed by atoms with Gasteiger partial charge in [0.1, 0.15) is 41.7 Å². The fourth-order valence-electron chi connectivity index (χ4n) is 7.54. The number of quaternary nitrogens is 2. The first-order valence-electron chi connectivity index (χ1n) is 16.6. The summed E-state index contributed by atoms with van der Waals surface area (Å²) in [6, 6.07) is 0. The summed E-state index contributed by atoms with van der Waals surface area (Å²) < 4.78 is 24.0. The van der Waals surface area contributed by atoms with Crippen molar-refractivity contribution in [3.8, 4) is 17.2 Å². The number of amidine groups is 1. The van der Waals surface area contributed by atoms with Crippen molar-refractivity contribution in [3.05, 3.63) is 47.0 Å². The molecule has 6 aliphatic rings. The number of aliphatic hydroxyl groups is 2. The Morgan fingerprint density at radius 2 is 2.08 bits per heavy atom. The summed E-state index contributed by atoms with van der Waals surface area (Å²) in [6.45, 7) is 5.51. The van der Waals surface area contributed by atoms with Crippen molar-refractivity contribution in [2.45, 2.75) is 57.7 Å². The van der Waals surface area contributed by atoms with Crippen LogP contribution in [0, 0.1) is 11.3 Å². The largest absolute Gasteiger partial charge is 0.496 e. The molecule has 1 aromatic rings. The Labute approximate surface area is 282 Å². The monoisotopic (exact) mass is 678 g/mol. The number of esters is 1. The second-order valence-electron chi connectivity index (χ2n) is 12.9. The minimum Gasteiger partial charge on any atom is -0.496 e. The molecule has 0 spiro atoms. The predicted octanol–water partition coefficient (Wildman–Crippen LogP) is -2.53. The Kier molecular flexibility index (Phi) is 8.74. The number of nitrogens with zero attached hydrogens (tertiary/aromatic N) is 2. The number of benzene rings is 1. The highest BCUT2D eigenvalue weighted by atomic mass is 16.6. The molecule has 1 fully saturated rings. The molecule has 260 valence electrons. The second kappa shape index (κ2) is 13.0. The molecule has 6 aliphatic heterocycles. The number of aliphatic hydroxyl groups excluding tert-OH is 1. The highest BCUT2D eigenvalue weighted by Gasteiger charge is 2.49. The highest BCUT2D eigenvalue weighted by Crippen LogP contribution is 2.53. The van der Waals surface area contributed by atoms with Crippen molar-refractivity contribution in [3.63, 3.8) is 0 Å². The van der Waals surface area contributed by atoms with Crippen LogP contribution < -0.4 is 40.0 Å². The van der Waals surface area contributed by atoms with Gasteiger partial charge in [0.2, 0.25) is 17.4 Å². The predicted molar refractivity (Wildman–Crippen MR) is 175 cm³/mol. The van der Waals surface area contributed by atoms with Gasteiger partial charge in [-0.3, -0.25) is 20.8 Å². The summed E-state index contributed by atoms with van der Waals surface area (Å²) in [5, 5.41) is 39.5. The van der Waals surface area contributed by atoms with Crippen molar-refractivity contribution in [1.29, 1.82) is 5.41 Å². The molecular weight excluding hydrogens is 636 g/mol. The molecule has 0 aromatic heterocycles. The third-order valence-electron chi connectivity index (χ3n) is 10.1. The molecule has 16 nitrogen and oxygen atoms in total. The first-order valence-corrected chi connectivity index (χ1v) is 16.6. The zero-order chi connectivity index (χ0) is 34.4. The maximum atomic E-state index is 13.1. The first-order chi connectivity index (χ1) is 23.7. The normalized spacial score (nSPS) is 27.8. The van der Waals surface area contributed by atoms with Gasteiger partial charge in [0, 0.05) is 12.0 Å². The zero-order valence-corrected chi connectivity index (χ0v) is 27.6. The molecule has 8 N–H and O–H groups in total. The van der Waals surface area contributed by atoms with Crippen LogP contribution in [-0.4, -0.2) is 97.6 Å². The van der Waals surface area contributed by atoms with Gasteiger partial charge in [-0.1, -0.05) is 0 Å². The van der Waals surface area contributed by atoms with Gasteiger partial charge >= 0.3 is 12.3 Å². The van der Waals surface area contributed by atoms with Crippen LogP contribution in [0.15, 0.2) is 40.3 Å². The van der Waals surface area contributed by atoms with E-state index in [0.29, 0.717) is 52.6 Å². The number of allylic oxidation sites excluding steroid dienone is 2. The average Bonchev–Trinajstić information content (AvgIpc) is 3.85. The Balaban J connectivity index is 1.25. The molecule has 0 aliphatic carbocycles. The Morgan fingerprint density at radius 1 is 1.29 bits per heavy atom. The van der Waals surface area contributed by atoms with Gasteiger partial charge in [0.15, 0.2) is 6.67 Å². The Bertz CT molecular complexity index is 1740. The van der Waals surface area contributed by atoms with Gasteiger partial charge in [-0.15, -0.1) is 0 Å². The standard InChI is InChI=1S/C33H40N8O8/c1-4-47-30(44)21-13-17(7-11-40-12-10-36-32(40)41-16-37-24-28(41)38-31(34)39-29(24)43)23-26(46-3)19-14-22(33(2,45)18-5-8-35-9-6-18)49-25(19)20(15-42)27(23)48-21/h7,10,12-13,18,22,32,35-36,42,45H,4-6,8-9,11,14-16H2,1-3H3,(H2,34,39,43)/p+2/b17-7+/t22-,32?,33+/m0/s1. The van der Waals surface area contributed by atoms with Crippen LogP contribution in [0.4, 0.5) is 0 Å². The number of carbonyl (C=O) groups is 2. The number of piperidine rings is 1. The number of hydrogen-bond donors (Lipinski definition) is 8. The molecule has 6 heterocycles. The molecule has 5 atom stereocenters. The fraction of sp³-hybridized carbons (Fsp3) is 0.485. The van der Waals surface area contributed by atoms with Gasteiger partial charge in [-0.05, 0) is 63.4 Å². The number of aliphatic imine (C=N–C) groups is 2. The number of nitrogens with one attached hydrogen (secondary N) is 6. The molecule has 1 aromatic carbocycles. The van der Waals surface area contributed by atoms with Gasteiger partial charge in [0.25, 0.3) is 11.7 Å². The van der Waals surface area contributed by atoms with E-state index in [4.69, 9.17) is 24.4 Å². The minimum atomic E-state index is -1.15. The number of ether oxygens (including phenoxy) is 4. The minimum absolute atomic E-state index is 0.0202. The molecule has 49 heavy (non-hydrogen) atoms. The molecule has 3 unspecified atom stereocenters. The van der Waals surface area contributed by atoms with Crippen LogP contribution in [-0.2, 0) is 27.4 Å². The molecule has 1 saturated heterocycles. The second-order valence-corrected chi connectivity index (χ2v) is 12.9. The van der Waals surface area contributed by atoms with E-state index in [0.717, 1.165) is 35.7 Å². The van der Waals surface area contributed by atoms with Crippen LogP contribution in [0.1, 0.15) is 43.4 Å². The van der Waals surface area contributed by atoms with Crippen LogP contribution in [0.25, 0.3) is 5.57 Å². The van der Waals surface area contributed by atoms with E-state index in [1.807, 2.05) is 25.4 Å². The van der Waals surface area contributed by atoms with Crippen molar-refractivity contribution < 1.29 is 48.5 Å². The number of rotatable bonds is 9. The average molecular weight is 679 g/mol. The van der Waals surface area contributed by atoms with Crippen LogP contribution in [0.5, 0.6) is 17.2 Å². The number of carbonyl (C=O) groups excluding carboxylic acids is 2. The summed E-state index contributed by atoms with van der Waals surface area (Å²) in [5.74, 6) is 0.113. The summed E-state index contributed by atoms with van der Waals surface area (Å²) in [7, 11) is 1.55. The van der Waals surface area contributed by atoms with Crippen LogP contribution in [0.3, 0.4) is 0 Å². The molecule has 0 bridgehead atoms. The van der Waals surface area contributed by atoms with Crippen LogP contribution in [0.2, 0.25) is 0 Å². The van der Waals surface area contributed by atoms with Crippen molar-refractivity contribution in [2.24, 2.45) is 15.9 Å². The SMILES string of the molecule is CCOC(=O)C1=C/C(=C\C[NH+]2C=CNC2[NH+]2CN=C3C(=O)NC(=N)N=C32)c2c(OC)c3c(c(CO)c2O1)O[C@H]([C@](C)(O)C1CCNCC1)C3. The number of fused-ring (bicyclic) bond motifs is 3. The third-order valence-corrected chi connectivity index (χ3v) is 10.1. The molecule has 0 saturated carbocycles. The number of amides is 1. The van der Waals surface area contributed by atoms with E-state index >= 15 is 0 Å². The topological polar surface area (TPSA) is 205 Å². The van der Waals surface area contributed by atoms with E-state index in [1.165, 1.54) is 0 Å². The summed E-state index contributed by atoms with van der Waals surface area (Å²) in [4.78, 5) is 35.9. The molecular formula is C33H42N8O8+2. The highest BCUT2D eigenvalue weighted by molar-refractivity contribution is 6.68. The van der Waals surface area contributed by atoms with Crippen molar-refractivity contribution >= 4 is 35.0 Å².